The van der Waals surface area contributed by atoms with Crippen LogP contribution in [0.3, 0.4) is 0 Å². The van der Waals surface area contributed by atoms with Crippen molar-refractivity contribution >= 4 is 39.0 Å². The number of anilines is 2. The SMILES string of the molecule is CCCCn1c(N)c(N(C)C(=O)c2cc(S(=O)(=O)N(C)C)ccc2Cl)c(=O)[nH]c1=O. The minimum Gasteiger partial charge on any atom is -0.383 e. The van der Waals surface area contributed by atoms with E-state index in [0.717, 1.165) is 21.7 Å². The first-order chi connectivity index (χ1) is 13.9. The van der Waals surface area contributed by atoms with Crippen molar-refractivity contribution in [2.24, 2.45) is 0 Å². The first-order valence-corrected chi connectivity index (χ1v) is 10.9. The van der Waals surface area contributed by atoms with Gasteiger partial charge in [0.1, 0.15) is 5.82 Å². The molecule has 2 rings (SSSR count). The van der Waals surface area contributed by atoms with Crippen molar-refractivity contribution in [3.63, 3.8) is 0 Å². The number of sulfonamides is 1. The molecule has 164 valence electrons. The normalized spacial score (nSPS) is 11.7. The Hall–Kier alpha value is -2.63. The smallest absolute Gasteiger partial charge is 0.330 e. The number of H-pyrrole nitrogens is 1. The highest BCUT2D eigenvalue weighted by molar-refractivity contribution is 7.89. The molecule has 0 spiro atoms. The molecule has 0 bridgehead atoms. The second-order valence-corrected chi connectivity index (χ2v) is 9.35. The van der Waals surface area contributed by atoms with Gasteiger partial charge in [0.15, 0.2) is 5.69 Å². The molecule has 0 saturated carbocycles. The van der Waals surface area contributed by atoms with Crippen LogP contribution in [0.2, 0.25) is 5.02 Å². The number of halogens is 1. The maximum Gasteiger partial charge on any atom is 0.330 e. The van der Waals surface area contributed by atoms with E-state index in [1.54, 1.807) is 0 Å². The van der Waals surface area contributed by atoms with Crippen LogP contribution in [0, 0.1) is 0 Å². The van der Waals surface area contributed by atoms with Crippen molar-refractivity contribution in [3.05, 3.63) is 49.6 Å². The lowest BCUT2D eigenvalue weighted by Gasteiger charge is -2.21. The van der Waals surface area contributed by atoms with Crippen LogP contribution in [0.5, 0.6) is 0 Å². The molecule has 0 saturated heterocycles. The average Bonchev–Trinajstić information content (AvgIpc) is 2.67. The lowest BCUT2D eigenvalue weighted by Crippen LogP contribution is -2.39. The Labute approximate surface area is 178 Å². The predicted molar refractivity (Wildman–Crippen MR) is 116 cm³/mol. The maximum absolute atomic E-state index is 13.1. The summed E-state index contributed by atoms with van der Waals surface area (Å²) in [5.41, 5.74) is 4.16. The number of hydrogen-bond acceptors (Lipinski definition) is 6. The summed E-state index contributed by atoms with van der Waals surface area (Å²) in [7, 11) is 0.197. The van der Waals surface area contributed by atoms with Gasteiger partial charge in [-0.15, -0.1) is 0 Å². The van der Waals surface area contributed by atoms with Crippen molar-refractivity contribution in [1.29, 1.82) is 0 Å². The minimum absolute atomic E-state index is 0.00105. The molecule has 12 heteroatoms. The van der Waals surface area contributed by atoms with Gasteiger partial charge in [-0.1, -0.05) is 24.9 Å². The Morgan fingerprint density at radius 3 is 2.43 bits per heavy atom. The first kappa shape index (κ1) is 23.6. The van der Waals surface area contributed by atoms with Crippen molar-refractivity contribution in [3.8, 4) is 0 Å². The molecule has 0 unspecified atom stereocenters. The number of aromatic amines is 1. The van der Waals surface area contributed by atoms with Gasteiger partial charge in [-0.3, -0.25) is 19.1 Å². The maximum atomic E-state index is 13.1. The van der Waals surface area contributed by atoms with Gasteiger partial charge in [-0.25, -0.2) is 17.5 Å². The topological polar surface area (TPSA) is 139 Å². The van der Waals surface area contributed by atoms with Crippen LogP contribution in [0.4, 0.5) is 11.5 Å². The second kappa shape index (κ2) is 9.02. The van der Waals surface area contributed by atoms with Gasteiger partial charge >= 0.3 is 5.69 Å². The Morgan fingerprint density at radius 1 is 1.23 bits per heavy atom. The number of hydrogen-bond donors (Lipinski definition) is 2. The molecule has 10 nitrogen and oxygen atoms in total. The highest BCUT2D eigenvalue weighted by Crippen LogP contribution is 2.25. The van der Waals surface area contributed by atoms with E-state index in [1.165, 1.54) is 37.8 Å². The minimum atomic E-state index is -3.81. The molecule has 0 radical (unpaired) electrons. The number of benzene rings is 1. The lowest BCUT2D eigenvalue weighted by molar-refractivity contribution is 0.0992. The molecule has 1 aromatic carbocycles. The third kappa shape index (κ3) is 4.42. The van der Waals surface area contributed by atoms with Crippen LogP contribution >= 0.6 is 11.6 Å². The first-order valence-electron chi connectivity index (χ1n) is 9.06. The van der Waals surface area contributed by atoms with Crippen molar-refractivity contribution in [2.45, 2.75) is 31.2 Å². The summed E-state index contributed by atoms with van der Waals surface area (Å²) in [5, 5.41) is -0.00105. The van der Waals surface area contributed by atoms with E-state index < -0.39 is 27.2 Å². The molecule has 0 fully saturated rings. The van der Waals surface area contributed by atoms with E-state index in [-0.39, 0.29) is 33.5 Å². The van der Waals surface area contributed by atoms with Crippen LogP contribution in [-0.4, -0.2) is 49.3 Å². The largest absolute Gasteiger partial charge is 0.383 e. The zero-order chi connectivity index (χ0) is 22.8. The summed E-state index contributed by atoms with van der Waals surface area (Å²) in [6.07, 6.45) is 1.43. The van der Waals surface area contributed by atoms with E-state index in [2.05, 4.69) is 4.98 Å². The number of unbranched alkanes of at least 4 members (excludes halogenated alkanes) is 1. The van der Waals surface area contributed by atoms with Gasteiger partial charge in [-0.2, -0.15) is 0 Å². The molecule has 0 aliphatic heterocycles. The van der Waals surface area contributed by atoms with E-state index in [4.69, 9.17) is 17.3 Å². The molecule has 2 aromatic rings. The van der Waals surface area contributed by atoms with E-state index in [1.807, 2.05) is 6.92 Å². The average molecular weight is 458 g/mol. The molecule has 3 N–H and O–H groups in total. The molecule has 0 aliphatic rings. The van der Waals surface area contributed by atoms with Crippen LogP contribution in [0.15, 0.2) is 32.7 Å². The number of nitrogens with one attached hydrogen (secondary N) is 1. The Balaban J connectivity index is 2.59. The standard InChI is InChI=1S/C18H24ClN5O5S/c1-5-6-9-24-15(20)14(16(25)21-18(24)27)23(4)17(26)12-10-11(7-8-13(12)19)30(28,29)22(2)3/h7-8,10H,5-6,9,20H2,1-4H3,(H,21,25,27). The molecular formula is C18H24ClN5O5S. The Morgan fingerprint density at radius 2 is 1.87 bits per heavy atom. The summed E-state index contributed by atoms with van der Waals surface area (Å²) in [5.74, 6) is -0.921. The zero-order valence-corrected chi connectivity index (χ0v) is 18.7. The number of nitrogens with zero attached hydrogens (tertiary/aromatic N) is 3. The number of aromatic nitrogens is 2. The highest BCUT2D eigenvalue weighted by atomic mass is 35.5. The number of carbonyl (C=O) groups is 1. The van der Waals surface area contributed by atoms with E-state index in [0.29, 0.717) is 6.42 Å². The number of nitrogen functional groups attached to an aromatic ring is 1. The summed E-state index contributed by atoms with van der Waals surface area (Å²) in [4.78, 5) is 40.5. The zero-order valence-electron chi connectivity index (χ0n) is 17.1. The molecular weight excluding hydrogens is 434 g/mol. The van der Waals surface area contributed by atoms with Crippen LogP contribution in [0.1, 0.15) is 30.1 Å². The van der Waals surface area contributed by atoms with Gasteiger partial charge < -0.3 is 10.6 Å². The fourth-order valence-electron chi connectivity index (χ4n) is 2.76. The summed E-state index contributed by atoms with van der Waals surface area (Å²) < 4.78 is 27.0. The molecule has 1 aromatic heterocycles. The predicted octanol–water partition coefficient (Wildman–Crippen LogP) is 1.10. The fraction of sp³-hybridized carbons (Fsp3) is 0.389. The van der Waals surface area contributed by atoms with Crippen molar-refractivity contribution < 1.29 is 13.2 Å². The summed E-state index contributed by atoms with van der Waals surface area (Å²) in [6.45, 7) is 2.20. The third-order valence-corrected chi connectivity index (χ3v) is 6.68. The van der Waals surface area contributed by atoms with Gasteiger partial charge in [0.25, 0.3) is 11.5 Å². The molecule has 1 amide bonds. The van der Waals surface area contributed by atoms with Crippen LogP contribution in [0.25, 0.3) is 0 Å². The number of rotatable bonds is 7. The number of carbonyl (C=O) groups excluding carboxylic acids is 1. The second-order valence-electron chi connectivity index (χ2n) is 6.79. The number of amides is 1. The number of nitrogens with two attached hydrogens (primary N) is 1. The van der Waals surface area contributed by atoms with Crippen molar-refractivity contribution in [1.82, 2.24) is 13.9 Å². The van der Waals surface area contributed by atoms with E-state index in [9.17, 15) is 22.8 Å². The van der Waals surface area contributed by atoms with Gasteiger partial charge in [0, 0.05) is 27.7 Å². The van der Waals surface area contributed by atoms with Gasteiger partial charge in [-0.05, 0) is 24.6 Å². The van der Waals surface area contributed by atoms with Gasteiger partial charge in [0.05, 0.1) is 15.5 Å². The van der Waals surface area contributed by atoms with Crippen LogP contribution < -0.4 is 21.9 Å². The summed E-state index contributed by atoms with van der Waals surface area (Å²) in [6, 6.07) is 3.70. The monoisotopic (exact) mass is 457 g/mol. The Bertz CT molecular complexity index is 1190. The fourth-order valence-corrected chi connectivity index (χ4v) is 3.89. The highest BCUT2D eigenvalue weighted by Gasteiger charge is 2.26. The van der Waals surface area contributed by atoms with Crippen LogP contribution in [-0.2, 0) is 16.6 Å². The van der Waals surface area contributed by atoms with E-state index >= 15 is 0 Å². The summed E-state index contributed by atoms with van der Waals surface area (Å²) >= 11 is 6.13. The Kier molecular flexibility index (Phi) is 7.11. The molecule has 0 atom stereocenters. The quantitative estimate of drug-likeness (QED) is 0.638. The molecule has 0 aliphatic carbocycles. The third-order valence-electron chi connectivity index (χ3n) is 4.54. The lowest BCUT2D eigenvalue weighted by atomic mass is 10.2. The van der Waals surface area contributed by atoms with Gasteiger partial charge in [0.2, 0.25) is 10.0 Å². The molecule has 30 heavy (non-hydrogen) atoms. The molecule has 1 heterocycles. The van der Waals surface area contributed by atoms with Crippen molar-refractivity contribution in [2.75, 3.05) is 31.8 Å².